The topological polar surface area (TPSA) is 37.3 Å². The van der Waals surface area contributed by atoms with E-state index in [0.29, 0.717) is 0 Å². The quantitative estimate of drug-likeness (QED) is 0.560. The molecule has 0 amide bonds. The number of allylic oxidation sites excluding steroid dienone is 1. The van der Waals surface area contributed by atoms with E-state index in [0.717, 1.165) is 6.42 Å². The molecular formula is C25H34O2. The molecule has 27 heavy (non-hydrogen) atoms. The van der Waals surface area contributed by atoms with Gasteiger partial charge in [-0.05, 0) is 35.4 Å². The molecule has 0 bridgehead atoms. The Morgan fingerprint density at radius 2 is 1.56 bits per heavy atom. The molecule has 0 saturated heterocycles. The third-order valence-corrected chi connectivity index (χ3v) is 5.02. The van der Waals surface area contributed by atoms with E-state index in [-0.39, 0.29) is 11.3 Å². The summed E-state index contributed by atoms with van der Waals surface area (Å²) in [6, 6.07) is 19.1. The summed E-state index contributed by atoms with van der Waals surface area (Å²) in [4.78, 5) is 11.2. The van der Waals surface area contributed by atoms with E-state index < -0.39 is 11.9 Å². The summed E-state index contributed by atoms with van der Waals surface area (Å²) >= 11 is 0. The molecule has 0 aromatic heterocycles. The van der Waals surface area contributed by atoms with Crippen LogP contribution in [0.15, 0.2) is 66.7 Å². The van der Waals surface area contributed by atoms with E-state index in [1.807, 2.05) is 26.0 Å². The highest BCUT2D eigenvalue weighted by molar-refractivity contribution is 5.71. The van der Waals surface area contributed by atoms with Gasteiger partial charge in [0.15, 0.2) is 0 Å². The Labute approximate surface area is 165 Å². The predicted octanol–water partition coefficient (Wildman–Crippen LogP) is 6.61. The van der Waals surface area contributed by atoms with Crippen LogP contribution in [-0.2, 0) is 16.6 Å². The largest absolute Gasteiger partial charge is 0.481 e. The standard InChI is InChI=1S/C23H28O2.C2H6/c1-5-18-12-14-19(15-13-18)21(16-11-17(2)22(24)25)23(3,4)20-9-7-6-8-10-20;1-2/h6-17,21H,5H2,1-4H3,(H,24,25);1-2H3. The summed E-state index contributed by atoms with van der Waals surface area (Å²) in [5.41, 5.74) is 3.61. The molecule has 0 aliphatic rings. The van der Waals surface area contributed by atoms with Crippen LogP contribution in [0.1, 0.15) is 64.2 Å². The van der Waals surface area contributed by atoms with Crippen LogP contribution in [0.3, 0.4) is 0 Å². The Morgan fingerprint density at radius 3 is 2.04 bits per heavy atom. The number of benzene rings is 2. The molecule has 2 atom stereocenters. The minimum Gasteiger partial charge on any atom is -0.481 e. The lowest BCUT2D eigenvalue weighted by Crippen LogP contribution is -2.26. The molecule has 2 aromatic carbocycles. The normalized spacial score (nSPS) is 13.6. The Bertz CT molecular complexity index is 712. The molecule has 0 heterocycles. The molecule has 2 unspecified atom stereocenters. The van der Waals surface area contributed by atoms with Crippen molar-refractivity contribution in [3.63, 3.8) is 0 Å². The van der Waals surface area contributed by atoms with Crippen LogP contribution in [0.4, 0.5) is 0 Å². The second-order valence-electron chi connectivity index (χ2n) is 7.17. The molecule has 146 valence electrons. The van der Waals surface area contributed by atoms with Crippen LogP contribution in [0, 0.1) is 5.92 Å². The van der Waals surface area contributed by atoms with Gasteiger partial charge in [-0.25, -0.2) is 0 Å². The first-order chi connectivity index (χ1) is 12.9. The zero-order valence-electron chi connectivity index (χ0n) is 17.6. The van der Waals surface area contributed by atoms with Crippen LogP contribution >= 0.6 is 0 Å². The Morgan fingerprint density at radius 1 is 1.00 bits per heavy atom. The van der Waals surface area contributed by atoms with Crippen LogP contribution in [0.25, 0.3) is 0 Å². The lowest BCUT2D eigenvalue weighted by Gasteiger charge is -2.34. The lowest BCUT2D eigenvalue weighted by atomic mass is 9.70. The Balaban J connectivity index is 0.00000176. The fourth-order valence-corrected chi connectivity index (χ4v) is 3.14. The molecule has 0 aliphatic heterocycles. The first-order valence-electron chi connectivity index (χ1n) is 9.91. The number of carboxylic acid groups (broad SMARTS) is 1. The number of carbonyl (C=O) groups is 1. The van der Waals surface area contributed by atoms with Crippen molar-refractivity contribution in [2.24, 2.45) is 5.92 Å². The minimum atomic E-state index is -0.797. The molecule has 0 radical (unpaired) electrons. The van der Waals surface area contributed by atoms with Gasteiger partial charge in [0.25, 0.3) is 0 Å². The number of aliphatic carboxylic acids is 1. The van der Waals surface area contributed by atoms with Gasteiger partial charge in [0.05, 0.1) is 5.92 Å². The first kappa shape index (κ1) is 22.7. The maximum Gasteiger partial charge on any atom is 0.310 e. The number of carboxylic acids is 1. The fourth-order valence-electron chi connectivity index (χ4n) is 3.14. The van der Waals surface area contributed by atoms with Gasteiger partial charge in [-0.3, -0.25) is 4.79 Å². The highest BCUT2D eigenvalue weighted by atomic mass is 16.4. The zero-order valence-corrected chi connectivity index (χ0v) is 17.6. The molecule has 2 nitrogen and oxygen atoms in total. The van der Waals surface area contributed by atoms with Crippen LogP contribution in [-0.4, -0.2) is 11.1 Å². The molecule has 0 aliphatic carbocycles. The summed E-state index contributed by atoms with van der Waals surface area (Å²) in [7, 11) is 0. The smallest absolute Gasteiger partial charge is 0.310 e. The Hall–Kier alpha value is -2.35. The number of rotatable bonds is 7. The lowest BCUT2D eigenvalue weighted by molar-refractivity contribution is -0.139. The summed E-state index contributed by atoms with van der Waals surface area (Å²) in [6.07, 6.45) is 4.89. The Kier molecular flexibility index (Phi) is 9.00. The highest BCUT2D eigenvalue weighted by Gasteiger charge is 2.31. The molecule has 2 aromatic rings. The van der Waals surface area contributed by atoms with Gasteiger partial charge in [0.1, 0.15) is 0 Å². The van der Waals surface area contributed by atoms with Crippen LogP contribution in [0.2, 0.25) is 0 Å². The molecule has 2 rings (SSSR count). The van der Waals surface area contributed by atoms with Gasteiger partial charge in [-0.1, -0.05) is 101 Å². The third-order valence-electron chi connectivity index (χ3n) is 5.02. The zero-order chi connectivity index (χ0) is 20.4. The average molecular weight is 367 g/mol. The molecule has 0 spiro atoms. The average Bonchev–Trinajstić information content (AvgIpc) is 2.70. The monoisotopic (exact) mass is 366 g/mol. The predicted molar refractivity (Wildman–Crippen MR) is 115 cm³/mol. The SMILES string of the molecule is CC.CCc1ccc(C(C=CC(C)C(=O)O)C(C)(C)c2ccccc2)cc1. The second kappa shape index (κ2) is 10.7. The molecular weight excluding hydrogens is 332 g/mol. The summed E-state index contributed by atoms with van der Waals surface area (Å²) in [6.45, 7) is 12.3. The van der Waals surface area contributed by atoms with Gasteiger partial charge in [0.2, 0.25) is 0 Å². The van der Waals surface area contributed by atoms with Gasteiger partial charge in [0, 0.05) is 5.92 Å². The molecule has 0 fully saturated rings. The van der Waals surface area contributed by atoms with Crippen molar-refractivity contribution >= 4 is 5.97 Å². The van der Waals surface area contributed by atoms with Gasteiger partial charge in [-0.2, -0.15) is 0 Å². The second-order valence-corrected chi connectivity index (χ2v) is 7.17. The van der Waals surface area contributed by atoms with E-state index in [9.17, 15) is 9.90 Å². The number of hydrogen-bond donors (Lipinski definition) is 1. The molecule has 2 heteroatoms. The van der Waals surface area contributed by atoms with Crippen molar-refractivity contribution < 1.29 is 9.90 Å². The van der Waals surface area contributed by atoms with Crippen molar-refractivity contribution in [3.8, 4) is 0 Å². The van der Waals surface area contributed by atoms with Crippen molar-refractivity contribution in [2.45, 2.75) is 59.3 Å². The molecule has 0 saturated carbocycles. The summed E-state index contributed by atoms with van der Waals surface area (Å²) < 4.78 is 0. The first-order valence-corrected chi connectivity index (χ1v) is 9.91. The van der Waals surface area contributed by atoms with E-state index >= 15 is 0 Å². The van der Waals surface area contributed by atoms with E-state index in [1.54, 1.807) is 6.92 Å². The highest BCUT2D eigenvalue weighted by Crippen LogP contribution is 2.40. The summed E-state index contributed by atoms with van der Waals surface area (Å²) in [5, 5.41) is 9.20. The fraction of sp³-hybridized carbons (Fsp3) is 0.400. The number of aryl methyl sites for hydroxylation is 1. The van der Waals surface area contributed by atoms with Crippen LogP contribution < -0.4 is 0 Å². The van der Waals surface area contributed by atoms with E-state index in [1.165, 1.54) is 16.7 Å². The van der Waals surface area contributed by atoms with Crippen molar-refractivity contribution in [1.29, 1.82) is 0 Å². The maximum absolute atomic E-state index is 11.2. The number of hydrogen-bond acceptors (Lipinski definition) is 1. The van der Waals surface area contributed by atoms with E-state index in [2.05, 4.69) is 75.4 Å². The van der Waals surface area contributed by atoms with Crippen molar-refractivity contribution in [2.75, 3.05) is 0 Å². The molecule has 1 N–H and O–H groups in total. The van der Waals surface area contributed by atoms with Crippen LogP contribution in [0.5, 0.6) is 0 Å². The van der Waals surface area contributed by atoms with Gasteiger partial charge in [-0.15, -0.1) is 0 Å². The maximum atomic E-state index is 11.2. The third kappa shape index (κ3) is 6.09. The van der Waals surface area contributed by atoms with Gasteiger partial charge >= 0.3 is 5.97 Å². The summed E-state index contributed by atoms with van der Waals surface area (Å²) in [5.74, 6) is -1.19. The van der Waals surface area contributed by atoms with Crippen molar-refractivity contribution in [3.05, 3.63) is 83.4 Å². The van der Waals surface area contributed by atoms with Gasteiger partial charge < -0.3 is 5.11 Å². The van der Waals surface area contributed by atoms with Crippen molar-refractivity contribution in [1.82, 2.24) is 0 Å². The minimum absolute atomic E-state index is 0.0996. The van der Waals surface area contributed by atoms with E-state index in [4.69, 9.17) is 0 Å².